The van der Waals surface area contributed by atoms with E-state index in [2.05, 4.69) is 10.1 Å². The highest BCUT2D eigenvalue weighted by Crippen LogP contribution is 2.44. The fourth-order valence-electron chi connectivity index (χ4n) is 4.89. The molecule has 232 valence electrons. The lowest BCUT2D eigenvalue weighted by Crippen LogP contribution is -2.50. The van der Waals surface area contributed by atoms with Crippen LogP contribution in [0, 0.1) is 11.8 Å². The normalized spacial score (nSPS) is 23.3. The Morgan fingerprint density at radius 1 is 0.977 bits per heavy atom. The Hall–Kier alpha value is -4.07. The number of nitrogen functional groups attached to an aromatic ring is 1. The number of carbonyl (C=O) groups is 3. The SMILES string of the molecule is CC(C)C(N)C(=O)O[C@@H]1[C@H](OC(=O)[C@@H](N)C(C)C)[C@@H](COC(=O)Cc2ccccc2)O[C@@]1(C)c1ccc2c(N)ncnn12. The lowest BCUT2D eigenvalue weighted by Gasteiger charge is -2.32. The van der Waals surface area contributed by atoms with Crippen LogP contribution in [0.5, 0.6) is 0 Å². The molecular formula is C30H40N6O7. The van der Waals surface area contributed by atoms with Crippen molar-refractivity contribution >= 4 is 29.2 Å². The fourth-order valence-corrected chi connectivity index (χ4v) is 4.89. The maximum atomic E-state index is 13.3. The van der Waals surface area contributed by atoms with E-state index in [1.54, 1.807) is 58.9 Å². The number of benzene rings is 1. The molecular weight excluding hydrogens is 556 g/mol. The van der Waals surface area contributed by atoms with Crippen molar-refractivity contribution in [1.82, 2.24) is 14.6 Å². The largest absolute Gasteiger partial charge is 0.463 e. The first-order valence-electron chi connectivity index (χ1n) is 14.2. The highest BCUT2D eigenvalue weighted by atomic mass is 16.7. The van der Waals surface area contributed by atoms with Crippen molar-refractivity contribution in [2.24, 2.45) is 23.3 Å². The zero-order valence-electron chi connectivity index (χ0n) is 25.0. The minimum atomic E-state index is -1.47. The monoisotopic (exact) mass is 596 g/mol. The quantitative estimate of drug-likeness (QED) is 0.213. The number of hydrogen-bond donors (Lipinski definition) is 3. The maximum absolute atomic E-state index is 13.3. The molecule has 6 atom stereocenters. The Balaban J connectivity index is 1.73. The molecule has 4 rings (SSSR count). The number of hydrogen-bond acceptors (Lipinski definition) is 12. The number of rotatable bonds is 11. The van der Waals surface area contributed by atoms with Gasteiger partial charge in [0.25, 0.3) is 0 Å². The molecule has 3 aromatic rings. The standard InChI is InChI=1S/C30H40N6O7/c1-16(2)23(31)28(38)41-25-20(14-40-22(37)13-18-9-7-6-8-10-18)43-30(5,26(25)42-29(39)24(32)17(3)4)21-12-11-19-27(33)34-15-35-36(19)21/h6-12,15-17,20,23-26H,13-14,31-32H2,1-5H3,(H2,33,34,35)/t20-,23+,24?,25-,26-,30+/m1/s1. The van der Waals surface area contributed by atoms with Crippen LogP contribution in [0.4, 0.5) is 5.82 Å². The number of anilines is 1. The Kier molecular flexibility index (Phi) is 9.68. The molecule has 1 unspecified atom stereocenters. The van der Waals surface area contributed by atoms with Crippen LogP contribution < -0.4 is 17.2 Å². The van der Waals surface area contributed by atoms with Crippen LogP contribution in [0.25, 0.3) is 5.52 Å². The van der Waals surface area contributed by atoms with E-state index in [1.165, 1.54) is 10.8 Å². The van der Waals surface area contributed by atoms with Crippen molar-refractivity contribution in [2.45, 2.75) is 77.0 Å². The lowest BCUT2D eigenvalue weighted by atomic mass is 9.92. The number of nitrogens with two attached hydrogens (primary N) is 3. The van der Waals surface area contributed by atoms with E-state index < -0.39 is 53.9 Å². The Bertz CT molecular complexity index is 1450. The molecule has 43 heavy (non-hydrogen) atoms. The van der Waals surface area contributed by atoms with Crippen LogP contribution in [0.1, 0.15) is 45.9 Å². The molecule has 0 aliphatic carbocycles. The summed E-state index contributed by atoms with van der Waals surface area (Å²) in [6.07, 6.45) is -2.21. The summed E-state index contributed by atoms with van der Waals surface area (Å²) >= 11 is 0. The van der Waals surface area contributed by atoms with Crippen LogP contribution in [-0.2, 0) is 45.4 Å². The van der Waals surface area contributed by atoms with Gasteiger partial charge in [-0.05, 0) is 36.5 Å². The van der Waals surface area contributed by atoms with E-state index in [0.29, 0.717) is 11.2 Å². The van der Waals surface area contributed by atoms with Crippen LogP contribution in [0.3, 0.4) is 0 Å². The molecule has 0 amide bonds. The van der Waals surface area contributed by atoms with E-state index in [0.717, 1.165) is 5.56 Å². The molecule has 0 spiro atoms. The highest BCUT2D eigenvalue weighted by molar-refractivity contribution is 5.77. The number of aromatic nitrogens is 3. The first-order valence-corrected chi connectivity index (χ1v) is 14.2. The van der Waals surface area contributed by atoms with Crippen molar-refractivity contribution in [1.29, 1.82) is 0 Å². The van der Waals surface area contributed by atoms with E-state index in [1.807, 2.05) is 18.2 Å². The van der Waals surface area contributed by atoms with Gasteiger partial charge in [0.2, 0.25) is 0 Å². The Morgan fingerprint density at radius 3 is 2.23 bits per heavy atom. The Morgan fingerprint density at radius 2 is 1.60 bits per heavy atom. The number of esters is 3. The van der Waals surface area contributed by atoms with Gasteiger partial charge in [-0.2, -0.15) is 5.10 Å². The first-order chi connectivity index (χ1) is 20.3. The maximum Gasteiger partial charge on any atom is 0.323 e. The smallest absolute Gasteiger partial charge is 0.323 e. The molecule has 1 saturated heterocycles. The van der Waals surface area contributed by atoms with E-state index in [-0.39, 0.29) is 30.7 Å². The second-order valence-electron chi connectivity index (χ2n) is 11.6. The van der Waals surface area contributed by atoms with Crippen LogP contribution in [-0.4, -0.2) is 69.5 Å². The van der Waals surface area contributed by atoms with E-state index in [4.69, 9.17) is 36.1 Å². The molecule has 3 heterocycles. The zero-order chi connectivity index (χ0) is 31.5. The van der Waals surface area contributed by atoms with Crippen LogP contribution in [0.15, 0.2) is 48.8 Å². The van der Waals surface area contributed by atoms with Crippen LogP contribution >= 0.6 is 0 Å². The second-order valence-corrected chi connectivity index (χ2v) is 11.6. The summed E-state index contributed by atoms with van der Waals surface area (Å²) in [4.78, 5) is 43.2. The van der Waals surface area contributed by atoms with Gasteiger partial charge in [0, 0.05) is 0 Å². The first kappa shape index (κ1) is 31.9. The molecule has 0 radical (unpaired) electrons. The van der Waals surface area contributed by atoms with Gasteiger partial charge >= 0.3 is 17.9 Å². The molecule has 1 aliphatic rings. The number of fused-ring (bicyclic) bond motifs is 1. The van der Waals surface area contributed by atoms with Gasteiger partial charge < -0.3 is 36.1 Å². The van der Waals surface area contributed by atoms with E-state index in [9.17, 15) is 14.4 Å². The summed E-state index contributed by atoms with van der Waals surface area (Å²) in [6.45, 7) is 8.48. The third-order valence-electron chi connectivity index (χ3n) is 7.67. The van der Waals surface area contributed by atoms with Gasteiger partial charge in [0.15, 0.2) is 18.0 Å². The van der Waals surface area contributed by atoms with E-state index >= 15 is 0 Å². The fraction of sp³-hybridized carbons (Fsp3) is 0.500. The summed E-state index contributed by atoms with van der Waals surface area (Å²) in [6, 6.07) is 10.6. The summed E-state index contributed by atoms with van der Waals surface area (Å²) in [7, 11) is 0. The predicted octanol–water partition coefficient (Wildman–Crippen LogP) is 1.50. The number of ether oxygens (including phenoxy) is 4. The molecule has 0 bridgehead atoms. The number of carbonyl (C=O) groups excluding carboxylic acids is 3. The zero-order valence-corrected chi connectivity index (χ0v) is 25.0. The topological polar surface area (TPSA) is 196 Å². The average molecular weight is 597 g/mol. The number of nitrogens with zero attached hydrogens (tertiary/aromatic N) is 3. The summed E-state index contributed by atoms with van der Waals surface area (Å²) in [5, 5.41) is 4.32. The highest BCUT2D eigenvalue weighted by Gasteiger charge is 2.59. The van der Waals surface area contributed by atoms with Crippen molar-refractivity contribution in [3.63, 3.8) is 0 Å². The lowest BCUT2D eigenvalue weighted by molar-refractivity contribution is -0.174. The van der Waals surface area contributed by atoms with Crippen molar-refractivity contribution in [3.05, 3.63) is 60.0 Å². The summed E-state index contributed by atoms with van der Waals surface area (Å²) in [5.74, 6) is -2.23. The van der Waals surface area contributed by atoms with Gasteiger partial charge in [-0.1, -0.05) is 58.0 Å². The molecule has 13 nitrogen and oxygen atoms in total. The predicted molar refractivity (Wildman–Crippen MR) is 156 cm³/mol. The third kappa shape index (κ3) is 6.79. The van der Waals surface area contributed by atoms with Crippen LogP contribution in [0.2, 0.25) is 0 Å². The minimum absolute atomic E-state index is 0.0225. The molecule has 2 aromatic heterocycles. The molecule has 1 aromatic carbocycles. The van der Waals surface area contributed by atoms with Crippen molar-refractivity contribution in [3.8, 4) is 0 Å². The molecule has 1 aliphatic heterocycles. The average Bonchev–Trinajstić information content (AvgIpc) is 3.52. The van der Waals surface area contributed by atoms with Gasteiger partial charge in [-0.15, -0.1) is 0 Å². The van der Waals surface area contributed by atoms with Gasteiger partial charge in [-0.3, -0.25) is 14.4 Å². The summed E-state index contributed by atoms with van der Waals surface area (Å²) < 4.78 is 25.5. The van der Waals surface area contributed by atoms with Crippen molar-refractivity contribution < 1.29 is 33.3 Å². The molecule has 13 heteroatoms. The van der Waals surface area contributed by atoms with Gasteiger partial charge in [-0.25, -0.2) is 9.50 Å². The van der Waals surface area contributed by atoms with Crippen molar-refractivity contribution in [2.75, 3.05) is 12.3 Å². The molecule has 6 N–H and O–H groups in total. The minimum Gasteiger partial charge on any atom is -0.463 e. The van der Waals surface area contributed by atoms with Gasteiger partial charge in [0.1, 0.15) is 42.2 Å². The third-order valence-corrected chi connectivity index (χ3v) is 7.67. The Labute approximate surface area is 250 Å². The molecule has 0 saturated carbocycles. The summed E-state index contributed by atoms with van der Waals surface area (Å²) in [5.41, 5.74) is 18.5. The van der Waals surface area contributed by atoms with Gasteiger partial charge in [0.05, 0.1) is 12.1 Å². The second kappa shape index (κ2) is 13.1. The molecule has 1 fully saturated rings.